The summed E-state index contributed by atoms with van der Waals surface area (Å²) in [6.45, 7) is 11.8. The first kappa shape index (κ1) is 13.4. The molecule has 0 spiro atoms. The van der Waals surface area contributed by atoms with Crippen molar-refractivity contribution in [1.82, 2.24) is 9.55 Å². The third-order valence-corrected chi connectivity index (χ3v) is 3.88. The number of thioether (sulfide) groups is 1. The molecule has 0 unspecified atom stereocenters. The molecule has 1 aromatic rings. The van der Waals surface area contributed by atoms with Crippen LogP contribution in [-0.4, -0.2) is 27.1 Å². The van der Waals surface area contributed by atoms with Crippen molar-refractivity contribution in [3.63, 3.8) is 0 Å². The first-order chi connectivity index (χ1) is 7.35. The Balaban J connectivity index is 2.73. The van der Waals surface area contributed by atoms with Crippen LogP contribution in [-0.2, 0) is 0 Å². The summed E-state index contributed by atoms with van der Waals surface area (Å²) >= 11 is 1.87. The van der Waals surface area contributed by atoms with Gasteiger partial charge in [-0.15, -0.1) is 0 Å². The maximum atomic E-state index is 4.51. The molecule has 0 aliphatic carbocycles. The molecule has 0 amide bonds. The normalized spacial score (nSPS) is 12.2. The highest BCUT2D eigenvalue weighted by Gasteiger charge is 2.17. The number of rotatable bonds is 5. The van der Waals surface area contributed by atoms with Crippen molar-refractivity contribution in [2.24, 2.45) is 0 Å². The van der Waals surface area contributed by atoms with Crippen LogP contribution in [0.1, 0.15) is 39.4 Å². The fraction of sp³-hybridized carbons (Fsp3) is 0.750. The summed E-state index contributed by atoms with van der Waals surface area (Å²) in [5.74, 6) is 0.981. The van der Waals surface area contributed by atoms with Gasteiger partial charge in [-0.2, -0.15) is 11.8 Å². The lowest BCUT2D eigenvalue weighted by molar-refractivity contribution is 0.601. The molecule has 1 heterocycles. The van der Waals surface area contributed by atoms with Gasteiger partial charge >= 0.3 is 0 Å². The molecule has 0 aromatic carbocycles. The highest BCUT2D eigenvalue weighted by Crippen LogP contribution is 2.22. The van der Waals surface area contributed by atoms with Gasteiger partial charge in [-0.25, -0.2) is 4.98 Å². The lowest BCUT2D eigenvalue weighted by atomic mass is 10.2. The molecule has 0 saturated carbocycles. The molecule has 1 aromatic heterocycles. The van der Waals surface area contributed by atoms with E-state index in [2.05, 4.69) is 55.0 Å². The molecular formula is C12H23N3S. The first-order valence-electron chi connectivity index (χ1n) is 5.70. The van der Waals surface area contributed by atoms with Gasteiger partial charge in [-0.05, 0) is 40.9 Å². The van der Waals surface area contributed by atoms with Crippen molar-refractivity contribution in [3.05, 3.63) is 11.9 Å². The highest BCUT2D eigenvalue weighted by molar-refractivity contribution is 7.99. The second-order valence-corrected chi connectivity index (χ2v) is 6.54. The number of imidazole rings is 1. The van der Waals surface area contributed by atoms with E-state index >= 15 is 0 Å². The molecule has 92 valence electrons. The van der Waals surface area contributed by atoms with Gasteiger partial charge in [0.25, 0.3) is 0 Å². The predicted molar refractivity (Wildman–Crippen MR) is 73.4 cm³/mol. The second-order valence-electron chi connectivity index (χ2n) is 5.02. The minimum absolute atomic E-state index is 0.238. The van der Waals surface area contributed by atoms with Crippen molar-refractivity contribution in [1.29, 1.82) is 0 Å². The summed E-state index contributed by atoms with van der Waals surface area (Å²) in [6.07, 6.45) is 4.24. The minimum Gasteiger partial charge on any atom is -0.354 e. The molecule has 0 aliphatic rings. The highest BCUT2D eigenvalue weighted by atomic mass is 32.2. The van der Waals surface area contributed by atoms with E-state index in [1.807, 2.05) is 18.7 Å². The van der Waals surface area contributed by atoms with E-state index in [0.29, 0.717) is 6.04 Å². The summed E-state index contributed by atoms with van der Waals surface area (Å²) in [7, 11) is 0. The van der Waals surface area contributed by atoms with E-state index in [1.54, 1.807) is 0 Å². The number of nitrogens with zero attached hydrogens (tertiary/aromatic N) is 2. The lowest BCUT2D eigenvalue weighted by Crippen LogP contribution is -2.27. The molecule has 16 heavy (non-hydrogen) atoms. The minimum atomic E-state index is 0.238. The molecule has 1 rings (SSSR count). The number of hydrogen-bond acceptors (Lipinski definition) is 3. The zero-order valence-corrected chi connectivity index (χ0v) is 12.0. The van der Waals surface area contributed by atoms with Crippen molar-refractivity contribution in [2.75, 3.05) is 18.1 Å². The third-order valence-electron chi connectivity index (χ3n) is 2.63. The zero-order chi connectivity index (χ0) is 12.3. The number of aryl methyl sites for hydroxylation is 1. The van der Waals surface area contributed by atoms with Gasteiger partial charge in [0.2, 0.25) is 5.95 Å². The van der Waals surface area contributed by atoms with Crippen LogP contribution in [0.2, 0.25) is 0 Å². The van der Waals surface area contributed by atoms with E-state index < -0.39 is 0 Å². The van der Waals surface area contributed by atoms with E-state index in [1.165, 1.54) is 0 Å². The second kappa shape index (κ2) is 5.13. The van der Waals surface area contributed by atoms with Crippen molar-refractivity contribution >= 4 is 17.7 Å². The summed E-state index contributed by atoms with van der Waals surface area (Å²) < 4.78 is 2.42. The van der Waals surface area contributed by atoms with Gasteiger partial charge in [0.05, 0.1) is 5.69 Å². The average Bonchev–Trinajstić information content (AvgIpc) is 2.57. The molecule has 3 nitrogen and oxygen atoms in total. The number of nitrogens with one attached hydrogen (secondary N) is 1. The van der Waals surface area contributed by atoms with Crippen LogP contribution in [0.3, 0.4) is 0 Å². The average molecular weight is 241 g/mol. The van der Waals surface area contributed by atoms with E-state index in [0.717, 1.165) is 18.2 Å². The molecule has 0 fully saturated rings. The molecule has 1 N–H and O–H groups in total. The van der Waals surface area contributed by atoms with Crippen LogP contribution in [0.25, 0.3) is 0 Å². The molecule has 0 atom stereocenters. The van der Waals surface area contributed by atoms with Gasteiger partial charge in [-0.1, -0.05) is 0 Å². The Morgan fingerprint density at radius 3 is 2.62 bits per heavy atom. The van der Waals surface area contributed by atoms with E-state index in [9.17, 15) is 0 Å². The smallest absolute Gasteiger partial charge is 0.203 e. The fourth-order valence-corrected chi connectivity index (χ4v) is 1.62. The van der Waals surface area contributed by atoms with Gasteiger partial charge in [0.15, 0.2) is 0 Å². The summed E-state index contributed by atoms with van der Waals surface area (Å²) in [5.41, 5.74) is 1.07. The molecule has 0 saturated heterocycles. The summed E-state index contributed by atoms with van der Waals surface area (Å²) in [6, 6.07) is 0.445. The van der Waals surface area contributed by atoms with Crippen LogP contribution in [0, 0.1) is 6.92 Å². The molecular weight excluding hydrogens is 218 g/mol. The maximum Gasteiger partial charge on any atom is 0.203 e. The Kier molecular flexibility index (Phi) is 4.30. The molecule has 0 radical (unpaired) electrons. The van der Waals surface area contributed by atoms with Crippen LogP contribution >= 0.6 is 11.8 Å². The third kappa shape index (κ3) is 3.44. The quantitative estimate of drug-likeness (QED) is 0.857. The monoisotopic (exact) mass is 241 g/mol. The first-order valence-corrected chi connectivity index (χ1v) is 6.92. The lowest BCUT2D eigenvalue weighted by Gasteiger charge is -2.23. The van der Waals surface area contributed by atoms with E-state index in [-0.39, 0.29) is 4.75 Å². The van der Waals surface area contributed by atoms with Gasteiger partial charge < -0.3 is 9.88 Å². The number of anilines is 1. The Morgan fingerprint density at radius 1 is 1.50 bits per heavy atom. The van der Waals surface area contributed by atoms with Gasteiger partial charge in [-0.3, -0.25) is 0 Å². The SMILES string of the molecule is CSC(C)(C)CNc1nc(C)cn1C(C)C. The van der Waals surface area contributed by atoms with Gasteiger partial charge in [0.1, 0.15) is 0 Å². The fourth-order valence-electron chi connectivity index (χ4n) is 1.40. The van der Waals surface area contributed by atoms with Gasteiger partial charge in [0, 0.05) is 23.5 Å². The van der Waals surface area contributed by atoms with E-state index in [4.69, 9.17) is 0 Å². The van der Waals surface area contributed by atoms with Crippen LogP contribution in [0.5, 0.6) is 0 Å². The predicted octanol–water partition coefficient (Wildman–Crippen LogP) is 3.33. The summed E-state index contributed by atoms with van der Waals surface area (Å²) in [4.78, 5) is 4.51. The van der Waals surface area contributed by atoms with Crippen LogP contribution in [0.4, 0.5) is 5.95 Å². The summed E-state index contributed by atoms with van der Waals surface area (Å²) in [5, 5.41) is 3.44. The molecule has 0 bridgehead atoms. The number of aromatic nitrogens is 2. The topological polar surface area (TPSA) is 29.9 Å². The molecule has 4 heteroatoms. The zero-order valence-electron chi connectivity index (χ0n) is 11.2. The van der Waals surface area contributed by atoms with Crippen molar-refractivity contribution < 1.29 is 0 Å². The largest absolute Gasteiger partial charge is 0.354 e. The Hall–Kier alpha value is -0.640. The maximum absolute atomic E-state index is 4.51. The standard InChI is InChI=1S/C12H23N3S/c1-9(2)15-7-10(3)14-11(15)13-8-12(4,5)16-6/h7,9H,8H2,1-6H3,(H,13,14). The Bertz CT molecular complexity index is 342. The van der Waals surface area contributed by atoms with Crippen LogP contribution < -0.4 is 5.32 Å². The Labute approximate surface area is 103 Å². The van der Waals surface area contributed by atoms with Crippen LogP contribution in [0.15, 0.2) is 6.20 Å². The van der Waals surface area contributed by atoms with Crippen molar-refractivity contribution in [2.45, 2.75) is 45.4 Å². The molecule has 0 aliphatic heterocycles. The van der Waals surface area contributed by atoms with Crippen molar-refractivity contribution in [3.8, 4) is 0 Å². The number of hydrogen-bond donors (Lipinski definition) is 1. The Morgan fingerprint density at radius 2 is 2.12 bits per heavy atom.